The molecule has 59 heavy (non-hydrogen) atoms. The van der Waals surface area contributed by atoms with Gasteiger partial charge in [-0.3, -0.25) is 15.0 Å². The number of guanidine groups is 2. The molecule has 0 spiro atoms. The first-order chi connectivity index (χ1) is 28.2. The van der Waals surface area contributed by atoms with Gasteiger partial charge in [0.05, 0.1) is 18.7 Å². The first kappa shape index (κ1) is 47.6. The van der Waals surface area contributed by atoms with Gasteiger partial charge in [0.15, 0.2) is 11.9 Å². The zero-order valence-corrected chi connectivity index (χ0v) is 37.4. The molecule has 330 valence electrons. The van der Waals surface area contributed by atoms with Crippen LogP contribution in [0.25, 0.3) is 0 Å². The fraction of sp³-hybridized carbons (Fsp3) is 0.723. The predicted molar refractivity (Wildman–Crippen MR) is 243 cm³/mol. The summed E-state index contributed by atoms with van der Waals surface area (Å²) in [7, 11) is 0. The topological polar surface area (TPSA) is 200 Å². The molecule has 0 saturated heterocycles. The molecule has 1 aromatic carbocycles. The Labute approximate surface area is 355 Å². The normalized spacial score (nSPS) is 25.4. The third-order valence-corrected chi connectivity index (χ3v) is 14.2. The Morgan fingerprint density at radius 3 is 2.22 bits per heavy atom. The number of nitrogens with two attached hydrogens (primary N) is 4. The van der Waals surface area contributed by atoms with Crippen LogP contribution in [0.1, 0.15) is 141 Å². The number of esters is 1. The number of allylic oxidation sites excluding steroid dienone is 1. The molecule has 3 aliphatic rings. The van der Waals surface area contributed by atoms with Gasteiger partial charge in [0.1, 0.15) is 0 Å². The summed E-state index contributed by atoms with van der Waals surface area (Å²) in [5.74, 6) is 4.55. The van der Waals surface area contributed by atoms with E-state index in [1.54, 1.807) is 23.2 Å². The van der Waals surface area contributed by atoms with Gasteiger partial charge in [0, 0.05) is 45.4 Å². The Balaban J connectivity index is 1.24. The molecule has 7 unspecified atom stereocenters. The van der Waals surface area contributed by atoms with Gasteiger partial charge in [-0.25, -0.2) is 9.59 Å². The van der Waals surface area contributed by atoms with E-state index >= 15 is 0 Å². The highest BCUT2D eigenvalue weighted by atomic mass is 16.5. The van der Waals surface area contributed by atoms with E-state index in [1.165, 1.54) is 69.8 Å². The van der Waals surface area contributed by atoms with Crippen molar-refractivity contribution in [3.8, 4) is 0 Å². The minimum absolute atomic E-state index is 0.0254. The molecule has 7 atom stereocenters. The van der Waals surface area contributed by atoms with E-state index in [0.29, 0.717) is 75.6 Å². The molecule has 12 heteroatoms. The van der Waals surface area contributed by atoms with E-state index in [1.807, 2.05) is 12.1 Å². The minimum atomic E-state index is -0.295. The maximum Gasteiger partial charge on any atom is 0.338 e. The largest absolute Gasteiger partial charge is 0.462 e. The summed E-state index contributed by atoms with van der Waals surface area (Å²) in [6.07, 6.45) is 19.5. The van der Waals surface area contributed by atoms with E-state index in [2.05, 4.69) is 67.9 Å². The Kier molecular flexibility index (Phi) is 18.6. The third-order valence-electron chi connectivity index (χ3n) is 14.2. The second-order valence-electron chi connectivity index (χ2n) is 18.6. The molecule has 2 saturated carbocycles. The van der Waals surface area contributed by atoms with E-state index in [4.69, 9.17) is 27.7 Å². The summed E-state index contributed by atoms with van der Waals surface area (Å²) in [5.41, 5.74) is 25.2. The van der Waals surface area contributed by atoms with Crippen LogP contribution >= 0.6 is 0 Å². The molecule has 1 aromatic rings. The van der Waals surface area contributed by atoms with Gasteiger partial charge >= 0.3 is 12.0 Å². The number of nitrogens with zero attached hydrogens (tertiary/aromatic N) is 4. The van der Waals surface area contributed by atoms with Gasteiger partial charge < -0.3 is 37.9 Å². The number of amides is 2. The van der Waals surface area contributed by atoms with Crippen LogP contribution in [0, 0.1) is 46.3 Å². The smallest absolute Gasteiger partial charge is 0.338 e. The second kappa shape index (κ2) is 23.1. The van der Waals surface area contributed by atoms with Crippen LogP contribution in [-0.2, 0) is 4.74 Å². The zero-order chi connectivity index (χ0) is 43.0. The average Bonchev–Trinajstić information content (AvgIpc) is 3.55. The van der Waals surface area contributed by atoms with Crippen molar-refractivity contribution in [3.05, 3.63) is 47.0 Å². The lowest BCUT2D eigenvalue weighted by Crippen LogP contribution is -2.49. The molecule has 0 bridgehead atoms. The number of fused-ring (bicyclic) bond motifs is 3. The molecule has 4 rings (SSSR count). The molecular formula is C47H79N9O3. The van der Waals surface area contributed by atoms with Gasteiger partial charge in [-0.1, -0.05) is 91.0 Å². The Morgan fingerprint density at radius 2 is 1.59 bits per heavy atom. The molecule has 9 N–H and O–H groups in total. The van der Waals surface area contributed by atoms with E-state index < -0.39 is 0 Å². The fourth-order valence-corrected chi connectivity index (χ4v) is 11.2. The van der Waals surface area contributed by atoms with E-state index in [0.717, 1.165) is 41.6 Å². The molecule has 0 heterocycles. The van der Waals surface area contributed by atoms with Gasteiger partial charge in [-0.2, -0.15) is 0 Å². The number of carbonyl (C=O) groups excluding carboxylic acids is 2. The van der Waals surface area contributed by atoms with Crippen LogP contribution in [-0.4, -0.2) is 80.9 Å². The van der Waals surface area contributed by atoms with Crippen molar-refractivity contribution in [2.75, 3.05) is 45.9 Å². The van der Waals surface area contributed by atoms with E-state index in [9.17, 15) is 9.59 Å². The van der Waals surface area contributed by atoms with Gasteiger partial charge in [0.25, 0.3) is 0 Å². The van der Waals surface area contributed by atoms with Crippen molar-refractivity contribution < 1.29 is 14.3 Å². The highest BCUT2D eigenvalue weighted by Crippen LogP contribution is 2.66. The number of urea groups is 1. The fourth-order valence-electron chi connectivity index (χ4n) is 11.2. The average molecular weight is 818 g/mol. The molecule has 0 aromatic heterocycles. The lowest BCUT2D eigenvalue weighted by molar-refractivity contribution is -0.0475. The molecule has 0 radical (unpaired) electrons. The lowest BCUT2D eigenvalue weighted by Gasteiger charge is -2.57. The highest BCUT2D eigenvalue weighted by molar-refractivity contribution is 5.90. The van der Waals surface area contributed by atoms with Crippen LogP contribution in [0.3, 0.4) is 0 Å². The number of carbonyl (C=O) groups is 2. The summed E-state index contributed by atoms with van der Waals surface area (Å²) in [6.45, 7) is 17.8. The first-order valence-electron chi connectivity index (χ1n) is 22.8. The van der Waals surface area contributed by atoms with Gasteiger partial charge in [0.2, 0.25) is 0 Å². The van der Waals surface area contributed by atoms with Crippen LogP contribution in [0.5, 0.6) is 0 Å². The van der Waals surface area contributed by atoms with Crippen LogP contribution in [0.4, 0.5) is 4.79 Å². The summed E-state index contributed by atoms with van der Waals surface area (Å²) >= 11 is 0. The van der Waals surface area contributed by atoms with Crippen molar-refractivity contribution in [2.24, 2.45) is 84.2 Å². The summed E-state index contributed by atoms with van der Waals surface area (Å²) in [4.78, 5) is 40.2. The summed E-state index contributed by atoms with van der Waals surface area (Å²) in [5, 5.41) is 2.92. The van der Waals surface area contributed by atoms with Crippen molar-refractivity contribution >= 4 is 30.1 Å². The number of ether oxygens (including phenoxy) is 1. The highest BCUT2D eigenvalue weighted by Gasteiger charge is 2.58. The monoisotopic (exact) mass is 818 g/mol. The number of benzene rings is 1. The molecule has 0 aliphatic heterocycles. The van der Waals surface area contributed by atoms with E-state index in [-0.39, 0.29) is 29.3 Å². The van der Waals surface area contributed by atoms with Gasteiger partial charge in [-0.05, 0) is 115 Å². The SMILES string of the molecule is CCCC1(C)C(CCOC(=O)c2ccc(C=NCCNC(=O)N(CCCN=C(N)N)CCCN=C(N)N)cc2)=CCC2C1CCC1(C)C(C(C)CCCC(C)C)CCC21. The predicted octanol–water partition coefficient (Wildman–Crippen LogP) is 7.65. The summed E-state index contributed by atoms with van der Waals surface area (Å²) in [6, 6.07) is 7.12. The lowest BCUT2D eigenvalue weighted by atomic mass is 9.48. The molecule has 2 fully saturated rings. The number of aliphatic imine (C=N–C) groups is 3. The number of nitrogens with one attached hydrogen (secondary N) is 1. The minimum Gasteiger partial charge on any atom is -0.462 e. The van der Waals surface area contributed by atoms with Crippen LogP contribution in [0.15, 0.2) is 50.9 Å². The second-order valence-corrected chi connectivity index (χ2v) is 18.6. The molecular weight excluding hydrogens is 739 g/mol. The molecule has 12 nitrogen and oxygen atoms in total. The Hall–Kier alpha value is -4.09. The Morgan fingerprint density at radius 1 is 0.915 bits per heavy atom. The van der Waals surface area contributed by atoms with Crippen LogP contribution in [0.2, 0.25) is 0 Å². The van der Waals surface area contributed by atoms with Gasteiger partial charge in [-0.15, -0.1) is 0 Å². The molecule has 2 amide bonds. The number of hydrogen-bond donors (Lipinski definition) is 5. The standard InChI is InChI=1S/C47H79N9O3/c1-7-23-46(5)37(17-18-38-40-20-19-39(34(4)12-8-11-33(2)3)47(40,6)24-21-41(38)46)22-31-59-42(57)36-15-13-35(14-16-36)32-52-27-28-55-45(58)56(29-9-25-53-43(48)49)30-10-26-54-44(50)51/h13-17,32-34,38-41H,7-12,18-31H2,1-6H3,(H,55,58)(H4,48,49,53)(H4,50,51,54). The third kappa shape index (κ3) is 13.5. The molecule has 3 aliphatic carbocycles. The van der Waals surface area contributed by atoms with Crippen molar-refractivity contribution in [2.45, 2.75) is 125 Å². The maximum atomic E-state index is 13.1. The maximum absolute atomic E-state index is 13.1. The zero-order valence-electron chi connectivity index (χ0n) is 37.4. The first-order valence-corrected chi connectivity index (χ1v) is 22.8. The number of rotatable bonds is 23. The van der Waals surface area contributed by atoms with Crippen molar-refractivity contribution in [1.29, 1.82) is 0 Å². The number of hydrogen-bond acceptors (Lipinski definition) is 6. The Bertz CT molecular complexity index is 1580. The quantitative estimate of drug-likeness (QED) is 0.0246. The van der Waals surface area contributed by atoms with Crippen molar-refractivity contribution in [3.63, 3.8) is 0 Å². The van der Waals surface area contributed by atoms with Crippen molar-refractivity contribution in [1.82, 2.24) is 10.2 Å². The van der Waals surface area contributed by atoms with Crippen LogP contribution < -0.4 is 28.3 Å². The summed E-state index contributed by atoms with van der Waals surface area (Å²) < 4.78 is 5.90.